The first-order valence-electron chi connectivity index (χ1n) is 8.76. The predicted molar refractivity (Wildman–Crippen MR) is 94.6 cm³/mol. The number of likely N-dealkylation sites (tertiary alicyclic amines) is 1. The van der Waals surface area contributed by atoms with Gasteiger partial charge in [0.05, 0.1) is 18.7 Å². The van der Waals surface area contributed by atoms with E-state index in [2.05, 4.69) is 23.2 Å². The zero-order valence-electron chi connectivity index (χ0n) is 14.6. The van der Waals surface area contributed by atoms with Crippen molar-refractivity contribution in [2.45, 2.75) is 50.7 Å². The van der Waals surface area contributed by atoms with Gasteiger partial charge in [-0.15, -0.1) is 0 Å². The Bertz CT molecular complexity index is 735. The molecule has 25 heavy (non-hydrogen) atoms. The summed E-state index contributed by atoms with van der Waals surface area (Å²) in [5.74, 6) is 6.77. The van der Waals surface area contributed by atoms with Crippen LogP contribution in [-0.4, -0.2) is 40.8 Å². The summed E-state index contributed by atoms with van der Waals surface area (Å²) in [6.45, 7) is 3.56. The summed E-state index contributed by atoms with van der Waals surface area (Å²) in [5, 5.41) is 22.0. The van der Waals surface area contributed by atoms with Crippen molar-refractivity contribution in [3.05, 3.63) is 35.4 Å². The molecular formula is C20H23N3O2. The molecule has 2 N–H and O–H groups in total. The fourth-order valence-electron chi connectivity index (χ4n) is 3.21. The molecule has 2 aliphatic rings. The van der Waals surface area contributed by atoms with Gasteiger partial charge in [-0.05, 0) is 44.4 Å². The SMILES string of the molecule is CC(C)NC(=O)N1[C@@H](C#N)[C@H](c2ccc(C#CC3CC3)cc2)[C@@H]1CO. The van der Waals surface area contributed by atoms with E-state index < -0.39 is 6.04 Å². The molecule has 1 aliphatic heterocycles. The lowest BCUT2D eigenvalue weighted by molar-refractivity contribution is 0.0162. The van der Waals surface area contributed by atoms with Crippen molar-refractivity contribution in [3.63, 3.8) is 0 Å². The van der Waals surface area contributed by atoms with Crippen LogP contribution in [0.5, 0.6) is 0 Å². The molecular weight excluding hydrogens is 314 g/mol. The fourth-order valence-corrected chi connectivity index (χ4v) is 3.21. The second-order valence-electron chi connectivity index (χ2n) is 7.03. The molecule has 2 amide bonds. The van der Waals surface area contributed by atoms with Crippen LogP contribution in [0.2, 0.25) is 0 Å². The van der Waals surface area contributed by atoms with Crippen molar-refractivity contribution in [1.82, 2.24) is 10.2 Å². The van der Waals surface area contributed by atoms with E-state index in [-0.39, 0.29) is 30.6 Å². The third-order valence-electron chi connectivity index (χ3n) is 4.67. The van der Waals surface area contributed by atoms with E-state index in [0.717, 1.165) is 11.1 Å². The zero-order valence-corrected chi connectivity index (χ0v) is 14.6. The van der Waals surface area contributed by atoms with Crippen molar-refractivity contribution in [2.24, 2.45) is 5.92 Å². The molecule has 1 aromatic carbocycles. The van der Waals surface area contributed by atoms with Gasteiger partial charge in [-0.2, -0.15) is 5.26 Å². The van der Waals surface area contributed by atoms with Gasteiger partial charge in [0.15, 0.2) is 0 Å². The molecule has 5 nitrogen and oxygen atoms in total. The lowest BCUT2D eigenvalue weighted by atomic mass is 9.76. The van der Waals surface area contributed by atoms with Gasteiger partial charge in [-0.3, -0.25) is 0 Å². The minimum absolute atomic E-state index is 0.0189. The highest BCUT2D eigenvalue weighted by Crippen LogP contribution is 2.40. The number of nitrogens with one attached hydrogen (secondary N) is 1. The number of amides is 2. The number of aliphatic hydroxyl groups is 1. The highest BCUT2D eigenvalue weighted by molar-refractivity contribution is 5.77. The maximum Gasteiger partial charge on any atom is 0.319 e. The summed E-state index contributed by atoms with van der Waals surface area (Å²) in [7, 11) is 0. The smallest absolute Gasteiger partial charge is 0.319 e. The van der Waals surface area contributed by atoms with Crippen LogP contribution >= 0.6 is 0 Å². The summed E-state index contributed by atoms with van der Waals surface area (Å²) in [4.78, 5) is 13.7. The van der Waals surface area contributed by atoms with Crippen LogP contribution in [0.3, 0.4) is 0 Å². The van der Waals surface area contributed by atoms with Crippen LogP contribution in [0.15, 0.2) is 24.3 Å². The Morgan fingerprint density at radius 2 is 2.04 bits per heavy atom. The van der Waals surface area contributed by atoms with E-state index in [1.165, 1.54) is 17.7 Å². The van der Waals surface area contributed by atoms with E-state index in [1.54, 1.807) is 0 Å². The molecule has 0 radical (unpaired) electrons. The van der Waals surface area contributed by atoms with Gasteiger partial charge in [0, 0.05) is 23.4 Å². The Balaban J connectivity index is 1.76. The molecule has 1 saturated heterocycles. The first kappa shape index (κ1) is 17.3. The highest BCUT2D eigenvalue weighted by atomic mass is 16.3. The first-order chi connectivity index (χ1) is 12.0. The van der Waals surface area contributed by atoms with Gasteiger partial charge < -0.3 is 15.3 Å². The fraction of sp³-hybridized carbons (Fsp3) is 0.500. The zero-order chi connectivity index (χ0) is 18.0. The van der Waals surface area contributed by atoms with Gasteiger partial charge in [-0.1, -0.05) is 24.0 Å². The number of hydrogen-bond donors (Lipinski definition) is 2. The summed E-state index contributed by atoms with van der Waals surface area (Å²) < 4.78 is 0. The summed E-state index contributed by atoms with van der Waals surface area (Å²) >= 11 is 0. The quantitative estimate of drug-likeness (QED) is 0.830. The molecule has 0 spiro atoms. The van der Waals surface area contributed by atoms with Crippen molar-refractivity contribution < 1.29 is 9.90 Å². The summed E-state index contributed by atoms with van der Waals surface area (Å²) in [6.07, 6.45) is 2.40. The lowest BCUT2D eigenvalue weighted by Crippen LogP contribution is -2.67. The van der Waals surface area contributed by atoms with E-state index in [4.69, 9.17) is 0 Å². The number of carbonyl (C=O) groups excluding carboxylic acids is 1. The number of rotatable bonds is 3. The van der Waals surface area contributed by atoms with Crippen LogP contribution in [0, 0.1) is 29.1 Å². The molecule has 130 valence electrons. The monoisotopic (exact) mass is 337 g/mol. The largest absolute Gasteiger partial charge is 0.394 e. The minimum Gasteiger partial charge on any atom is -0.394 e. The Hall–Kier alpha value is -2.50. The first-order valence-corrected chi connectivity index (χ1v) is 8.76. The van der Waals surface area contributed by atoms with Crippen LogP contribution in [0.25, 0.3) is 0 Å². The van der Waals surface area contributed by atoms with E-state index >= 15 is 0 Å². The van der Waals surface area contributed by atoms with Crippen LogP contribution in [0.1, 0.15) is 43.7 Å². The van der Waals surface area contributed by atoms with Gasteiger partial charge in [-0.25, -0.2) is 4.79 Å². The molecule has 1 aromatic rings. The third kappa shape index (κ3) is 3.62. The van der Waals surface area contributed by atoms with Crippen molar-refractivity contribution in [3.8, 4) is 17.9 Å². The number of urea groups is 1. The molecule has 1 heterocycles. The number of aliphatic hydroxyl groups excluding tert-OH is 1. The lowest BCUT2D eigenvalue weighted by Gasteiger charge is -2.51. The maximum atomic E-state index is 12.3. The van der Waals surface area contributed by atoms with Crippen molar-refractivity contribution >= 4 is 6.03 Å². The van der Waals surface area contributed by atoms with E-state index in [0.29, 0.717) is 5.92 Å². The number of nitriles is 1. The minimum atomic E-state index is -0.570. The molecule has 0 unspecified atom stereocenters. The van der Waals surface area contributed by atoms with E-state index in [1.807, 2.05) is 38.1 Å². The van der Waals surface area contributed by atoms with E-state index in [9.17, 15) is 15.2 Å². The topological polar surface area (TPSA) is 76.4 Å². The summed E-state index contributed by atoms with van der Waals surface area (Å²) in [5.41, 5.74) is 1.91. The van der Waals surface area contributed by atoms with Crippen LogP contribution in [0.4, 0.5) is 4.79 Å². The van der Waals surface area contributed by atoms with Crippen LogP contribution in [-0.2, 0) is 0 Å². The van der Waals surface area contributed by atoms with Gasteiger partial charge in [0.2, 0.25) is 0 Å². The van der Waals surface area contributed by atoms with Crippen molar-refractivity contribution in [1.29, 1.82) is 5.26 Å². The Kier molecular flexibility index (Phi) is 4.97. The third-order valence-corrected chi connectivity index (χ3v) is 4.67. The van der Waals surface area contributed by atoms with Gasteiger partial charge >= 0.3 is 6.03 Å². The average molecular weight is 337 g/mol. The Morgan fingerprint density at radius 1 is 1.36 bits per heavy atom. The number of hydrogen-bond acceptors (Lipinski definition) is 3. The molecule has 2 fully saturated rings. The van der Waals surface area contributed by atoms with Gasteiger partial charge in [0.25, 0.3) is 0 Å². The number of benzene rings is 1. The molecule has 0 aromatic heterocycles. The molecule has 5 heteroatoms. The number of carbonyl (C=O) groups is 1. The molecule has 1 aliphatic carbocycles. The Labute approximate surface area is 148 Å². The number of nitrogens with zero attached hydrogens (tertiary/aromatic N) is 2. The predicted octanol–water partition coefficient (Wildman–Crippen LogP) is 2.22. The Morgan fingerprint density at radius 3 is 2.56 bits per heavy atom. The van der Waals surface area contributed by atoms with Gasteiger partial charge in [0.1, 0.15) is 6.04 Å². The standard InChI is InChI=1S/C20H23N3O2/c1-13(2)22-20(25)23-17(11-21)19(18(23)12-24)16-9-7-15(8-10-16)6-5-14-3-4-14/h7-10,13-14,17-19,24H,3-4,12H2,1-2H3,(H,22,25)/t17-,18-,19-/m0/s1. The molecule has 3 rings (SSSR count). The molecule has 1 saturated carbocycles. The van der Waals surface area contributed by atoms with Crippen LogP contribution < -0.4 is 5.32 Å². The average Bonchev–Trinajstić information content (AvgIpc) is 3.37. The second kappa shape index (κ2) is 7.17. The highest BCUT2D eigenvalue weighted by Gasteiger charge is 2.51. The van der Waals surface area contributed by atoms with Crippen molar-refractivity contribution in [2.75, 3.05) is 6.61 Å². The second-order valence-corrected chi connectivity index (χ2v) is 7.03. The molecule has 3 atom stereocenters. The summed E-state index contributed by atoms with van der Waals surface area (Å²) in [6, 6.07) is 8.73. The normalized spacial score (nSPS) is 24.8. The molecule has 0 bridgehead atoms. The maximum absolute atomic E-state index is 12.3.